The molecule has 0 aliphatic heterocycles. The summed E-state index contributed by atoms with van der Waals surface area (Å²) in [4.78, 5) is 13.7. The molecular weight excluding hydrogens is 251 g/mol. The van der Waals surface area contributed by atoms with Gasteiger partial charge in [0.05, 0.1) is 6.61 Å². The number of halogens is 3. The number of pyridine rings is 1. The molecule has 1 aromatic heterocycles. The van der Waals surface area contributed by atoms with Crippen molar-refractivity contribution in [1.29, 1.82) is 0 Å². The number of nitrogens with one attached hydrogen (secondary N) is 1. The lowest BCUT2D eigenvalue weighted by molar-refractivity contribution is -0.141. The molecular formula is C10H12F3N3O2. The molecule has 0 spiro atoms. The van der Waals surface area contributed by atoms with Crippen molar-refractivity contribution in [3.63, 3.8) is 0 Å². The van der Waals surface area contributed by atoms with Crippen LogP contribution in [0.5, 0.6) is 0 Å². The first-order valence-corrected chi connectivity index (χ1v) is 5.04. The zero-order valence-corrected chi connectivity index (χ0v) is 9.33. The van der Waals surface area contributed by atoms with Crippen LogP contribution in [0.2, 0.25) is 0 Å². The molecule has 1 aromatic rings. The Morgan fingerprint density at radius 2 is 2.17 bits per heavy atom. The van der Waals surface area contributed by atoms with Gasteiger partial charge in [0.1, 0.15) is 18.1 Å². The van der Waals surface area contributed by atoms with Gasteiger partial charge in [0.25, 0.3) is 0 Å². The number of rotatable bonds is 6. The van der Waals surface area contributed by atoms with Crippen LogP contribution in [0.15, 0.2) is 18.2 Å². The maximum atomic E-state index is 12.3. The second-order valence-electron chi connectivity index (χ2n) is 3.35. The highest BCUT2D eigenvalue weighted by atomic mass is 19.4. The van der Waals surface area contributed by atoms with Gasteiger partial charge in [-0.3, -0.25) is 4.79 Å². The van der Waals surface area contributed by atoms with Crippen LogP contribution in [-0.4, -0.2) is 30.6 Å². The average Bonchev–Trinajstić information content (AvgIpc) is 2.27. The van der Waals surface area contributed by atoms with Gasteiger partial charge in [-0.05, 0) is 12.1 Å². The summed E-state index contributed by atoms with van der Waals surface area (Å²) in [6.07, 6.45) is -4.47. The number of alkyl halides is 3. The Hall–Kier alpha value is -1.83. The van der Waals surface area contributed by atoms with E-state index in [1.54, 1.807) is 0 Å². The van der Waals surface area contributed by atoms with E-state index in [2.05, 4.69) is 10.3 Å². The normalized spacial score (nSPS) is 11.3. The van der Waals surface area contributed by atoms with Crippen LogP contribution < -0.4 is 11.1 Å². The van der Waals surface area contributed by atoms with Gasteiger partial charge < -0.3 is 15.8 Å². The fourth-order valence-electron chi connectivity index (χ4n) is 1.12. The number of nitrogens with two attached hydrogens (primary N) is 1. The fraction of sp³-hybridized carbons (Fsp3) is 0.400. The molecule has 1 amide bonds. The molecule has 0 unspecified atom stereocenters. The number of ether oxygens (including phenoxy) is 1. The van der Waals surface area contributed by atoms with Crippen LogP contribution in [0.4, 0.5) is 19.0 Å². The molecule has 0 fully saturated rings. The molecule has 0 saturated carbocycles. The predicted molar refractivity (Wildman–Crippen MR) is 57.7 cm³/mol. The molecule has 0 atom stereocenters. The number of carbonyl (C=O) groups is 1. The van der Waals surface area contributed by atoms with Crippen LogP contribution in [0.1, 0.15) is 5.69 Å². The van der Waals surface area contributed by atoms with E-state index in [0.29, 0.717) is 0 Å². The fourth-order valence-corrected chi connectivity index (χ4v) is 1.12. The minimum absolute atomic E-state index is 0.0903. The number of aromatic nitrogens is 1. The number of carbonyl (C=O) groups excluding carboxylic acids is 1. The van der Waals surface area contributed by atoms with Gasteiger partial charge in [-0.25, -0.2) is 4.98 Å². The number of primary amides is 1. The molecule has 5 nitrogen and oxygen atoms in total. The third-order valence-corrected chi connectivity index (χ3v) is 1.84. The Labute approximate surface area is 101 Å². The van der Waals surface area contributed by atoms with Crippen molar-refractivity contribution in [2.24, 2.45) is 5.73 Å². The molecule has 3 N–H and O–H groups in total. The number of nitrogens with zero attached hydrogens (tertiary/aromatic N) is 1. The number of anilines is 1. The smallest absolute Gasteiger partial charge is 0.370 e. The van der Waals surface area contributed by atoms with Crippen LogP contribution in [-0.2, 0) is 15.7 Å². The Morgan fingerprint density at radius 3 is 2.78 bits per heavy atom. The van der Waals surface area contributed by atoms with Crippen molar-refractivity contribution in [1.82, 2.24) is 4.98 Å². The van der Waals surface area contributed by atoms with Crippen molar-refractivity contribution in [2.45, 2.75) is 6.18 Å². The maximum absolute atomic E-state index is 12.3. The maximum Gasteiger partial charge on any atom is 0.433 e. The van der Waals surface area contributed by atoms with Crippen LogP contribution in [0.3, 0.4) is 0 Å². The topological polar surface area (TPSA) is 77.2 Å². The van der Waals surface area contributed by atoms with E-state index in [1.807, 2.05) is 0 Å². The van der Waals surface area contributed by atoms with Crippen LogP contribution in [0, 0.1) is 0 Å². The van der Waals surface area contributed by atoms with Gasteiger partial charge >= 0.3 is 6.18 Å². The van der Waals surface area contributed by atoms with Gasteiger partial charge in [-0.2, -0.15) is 13.2 Å². The average molecular weight is 263 g/mol. The monoisotopic (exact) mass is 263 g/mol. The van der Waals surface area contributed by atoms with Gasteiger partial charge in [-0.1, -0.05) is 6.07 Å². The van der Waals surface area contributed by atoms with E-state index in [4.69, 9.17) is 10.5 Å². The molecule has 0 aromatic carbocycles. The lowest BCUT2D eigenvalue weighted by atomic mass is 10.3. The first-order valence-electron chi connectivity index (χ1n) is 5.04. The highest BCUT2D eigenvalue weighted by Crippen LogP contribution is 2.27. The summed E-state index contributed by atoms with van der Waals surface area (Å²) in [6, 6.07) is 3.54. The van der Waals surface area contributed by atoms with Crippen molar-refractivity contribution < 1.29 is 22.7 Å². The minimum Gasteiger partial charge on any atom is -0.370 e. The SMILES string of the molecule is NC(=O)COCCNc1cccc(C(F)(F)F)n1. The first-order chi connectivity index (χ1) is 8.39. The van der Waals surface area contributed by atoms with Gasteiger partial charge in [0, 0.05) is 6.54 Å². The highest BCUT2D eigenvalue weighted by molar-refractivity contribution is 5.74. The number of hydrogen-bond donors (Lipinski definition) is 2. The molecule has 0 aliphatic rings. The zero-order chi connectivity index (χ0) is 13.6. The molecule has 1 rings (SSSR count). The number of hydrogen-bond acceptors (Lipinski definition) is 4. The van der Waals surface area contributed by atoms with Crippen molar-refractivity contribution in [2.75, 3.05) is 25.1 Å². The van der Waals surface area contributed by atoms with Crippen LogP contribution >= 0.6 is 0 Å². The predicted octanol–water partition coefficient (Wildman–Crippen LogP) is 1.01. The molecule has 0 radical (unpaired) electrons. The Balaban J connectivity index is 2.41. The summed E-state index contributed by atoms with van der Waals surface area (Å²) >= 11 is 0. The Bertz CT molecular complexity index is 410. The lowest BCUT2D eigenvalue weighted by Gasteiger charge is -2.09. The van der Waals surface area contributed by atoms with E-state index in [-0.39, 0.29) is 25.6 Å². The van der Waals surface area contributed by atoms with Gasteiger partial charge in [0.15, 0.2) is 0 Å². The second kappa shape index (κ2) is 6.20. The zero-order valence-electron chi connectivity index (χ0n) is 9.33. The van der Waals surface area contributed by atoms with Crippen molar-refractivity contribution in [3.05, 3.63) is 23.9 Å². The van der Waals surface area contributed by atoms with E-state index < -0.39 is 17.8 Å². The third-order valence-electron chi connectivity index (χ3n) is 1.84. The highest BCUT2D eigenvalue weighted by Gasteiger charge is 2.32. The number of amides is 1. The van der Waals surface area contributed by atoms with Crippen molar-refractivity contribution >= 4 is 11.7 Å². The molecule has 0 aliphatic carbocycles. The summed E-state index contributed by atoms with van der Waals surface area (Å²) in [7, 11) is 0. The standard InChI is InChI=1S/C10H12F3N3O2/c11-10(12,13)7-2-1-3-9(16-7)15-4-5-18-6-8(14)17/h1-3H,4-6H2,(H2,14,17)(H,15,16). The quantitative estimate of drug-likeness (QED) is 0.751. The van der Waals surface area contributed by atoms with E-state index >= 15 is 0 Å². The van der Waals surface area contributed by atoms with Gasteiger partial charge in [0.2, 0.25) is 5.91 Å². The Morgan fingerprint density at radius 1 is 1.44 bits per heavy atom. The lowest BCUT2D eigenvalue weighted by Crippen LogP contribution is -2.21. The van der Waals surface area contributed by atoms with E-state index in [1.165, 1.54) is 12.1 Å². The molecule has 100 valence electrons. The Kier molecular flexibility index (Phi) is 4.90. The van der Waals surface area contributed by atoms with E-state index in [0.717, 1.165) is 6.07 Å². The largest absolute Gasteiger partial charge is 0.433 e. The molecule has 0 bridgehead atoms. The third kappa shape index (κ3) is 5.00. The molecule has 8 heteroatoms. The van der Waals surface area contributed by atoms with Crippen LogP contribution in [0.25, 0.3) is 0 Å². The second-order valence-corrected chi connectivity index (χ2v) is 3.35. The summed E-state index contributed by atoms with van der Waals surface area (Å²) in [6.45, 7) is 0.139. The summed E-state index contributed by atoms with van der Waals surface area (Å²) in [5, 5.41) is 2.64. The molecule has 0 saturated heterocycles. The van der Waals surface area contributed by atoms with Crippen molar-refractivity contribution in [3.8, 4) is 0 Å². The minimum atomic E-state index is -4.47. The van der Waals surface area contributed by atoms with Gasteiger partial charge in [-0.15, -0.1) is 0 Å². The summed E-state index contributed by atoms with van der Waals surface area (Å²) in [5.41, 5.74) is 3.86. The first kappa shape index (κ1) is 14.2. The molecule has 18 heavy (non-hydrogen) atoms. The van der Waals surface area contributed by atoms with E-state index in [9.17, 15) is 18.0 Å². The summed E-state index contributed by atoms with van der Waals surface area (Å²) in [5.74, 6) is -0.514. The molecule has 1 heterocycles. The summed E-state index contributed by atoms with van der Waals surface area (Å²) < 4.78 is 41.8.